The van der Waals surface area contributed by atoms with E-state index in [1.807, 2.05) is 31.6 Å². The van der Waals surface area contributed by atoms with E-state index in [1.54, 1.807) is 6.26 Å². The van der Waals surface area contributed by atoms with Gasteiger partial charge in [-0.1, -0.05) is 6.92 Å². The molecule has 0 saturated carbocycles. The minimum atomic E-state index is 0.742. The van der Waals surface area contributed by atoms with Crippen molar-refractivity contribution in [2.45, 2.75) is 19.9 Å². The van der Waals surface area contributed by atoms with Crippen molar-refractivity contribution in [3.05, 3.63) is 42.6 Å². The molecule has 0 fully saturated rings. The molecule has 2 aromatic rings. The first kappa shape index (κ1) is 12.5. The third kappa shape index (κ3) is 3.26. The molecule has 0 aliphatic heterocycles. The van der Waals surface area contributed by atoms with Crippen molar-refractivity contribution in [2.24, 2.45) is 0 Å². The zero-order valence-corrected chi connectivity index (χ0v) is 10.9. The number of anilines is 2. The number of rotatable bonds is 6. The average Bonchev–Trinajstić information content (AvgIpc) is 2.89. The van der Waals surface area contributed by atoms with Gasteiger partial charge in [-0.3, -0.25) is 4.98 Å². The molecule has 0 unspecified atom stereocenters. The SMILES string of the molecule is CCCNc1cncc(N(C)Cc2ccco2)c1. The molecule has 0 aliphatic carbocycles. The van der Waals surface area contributed by atoms with E-state index in [4.69, 9.17) is 4.42 Å². The minimum Gasteiger partial charge on any atom is -0.467 e. The highest BCUT2D eigenvalue weighted by atomic mass is 16.3. The van der Waals surface area contributed by atoms with E-state index < -0.39 is 0 Å². The minimum absolute atomic E-state index is 0.742. The Bertz CT molecular complexity index is 468. The van der Waals surface area contributed by atoms with Crippen molar-refractivity contribution in [1.29, 1.82) is 0 Å². The van der Waals surface area contributed by atoms with Crippen LogP contribution in [0.5, 0.6) is 0 Å². The van der Waals surface area contributed by atoms with E-state index in [9.17, 15) is 0 Å². The van der Waals surface area contributed by atoms with Crippen molar-refractivity contribution in [3.63, 3.8) is 0 Å². The van der Waals surface area contributed by atoms with Gasteiger partial charge in [-0.15, -0.1) is 0 Å². The first-order valence-electron chi connectivity index (χ1n) is 6.22. The Balaban J connectivity index is 2.03. The van der Waals surface area contributed by atoms with Crippen molar-refractivity contribution >= 4 is 11.4 Å². The molecule has 0 atom stereocenters. The summed E-state index contributed by atoms with van der Waals surface area (Å²) in [6.07, 6.45) is 6.51. The second-order valence-electron chi connectivity index (χ2n) is 4.29. The predicted octanol–water partition coefficient (Wildman–Crippen LogP) is 3.13. The van der Waals surface area contributed by atoms with Gasteiger partial charge in [-0.2, -0.15) is 0 Å². The van der Waals surface area contributed by atoms with Crippen molar-refractivity contribution in [2.75, 3.05) is 23.8 Å². The van der Waals surface area contributed by atoms with Crippen LogP contribution in [0.4, 0.5) is 11.4 Å². The lowest BCUT2D eigenvalue weighted by molar-refractivity contribution is 0.507. The largest absolute Gasteiger partial charge is 0.467 e. The molecule has 2 rings (SSSR count). The van der Waals surface area contributed by atoms with Crippen LogP contribution < -0.4 is 10.2 Å². The highest BCUT2D eigenvalue weighted by molar-refractivity contribution is 5.55. The highest BCUT2D eigenvalue weighted by Crippen LogP contribution is 2.18. The lowest BCUT2D eigenvalue weighted by atomic mass is 10.3. The van der Waals surface area contributed by atoms with Crippen molar-refractivity contribution in [3.8, 4) is 0 Å². The molecule has 0 aromatic carbocycles. The maximum absolute atomic E-state index is 5.34. The maximum atomic E-state index is 5.34. The summed E-state index contributed by atoms with van der Waals surface area (Å²) in [5.74, 6) is 0.949. The van der Waals surface area contributed by atoms with Crippen LogP contribution in [0.15, 0.2) is 41.3 Å². The van der Waals surface area contributed by atoms with Gasteiger partial charge >= 0.3 is 0 Å². The lowest BCUT2D eigenvalue weighted by Crippen LogP contribution is -2.16. The number of nitrogens with zero attached hydrogens (tertiary/aromatic N) is 2. The van der Waals surface area contributed by atoms with Gasteiger partial charge in [-0.25, -0.2) is 0 Å². The molecule has 2 aromatic heterocycles. The van der Waals surface area contributed by atoms with Crippen LogP contribution in [0.2, 0.25) is 0 Å². The summed E-state index contributed by atoms with van der Waals surface area (Å²) in [6.45, 7) is 3.85. The summed E-state index contributed by atoms with van der Waals surface area (Å²) < 4.78 is 5.34. The zero-order chi connectivity index (χ0) is 12.8. The molecule has 4 nitrogen and oxygen atoms in total. The Kier molecular flexibility index (Phi) is 4.23. The molecular formula is C14H19N3O. The Hall–Kier alpha value is -1.97. The van der Waals surface area contributed by atoms with E-state index in [1.165, 1.54) is 0 Å². The Morgan fingerprint density at radius 1 is 1.39 bits per heavy atom. The van der Waals surface area contributed by atoms with Gasteiger partial charge in [-0.05, 0) is 24.6 Å². The Morgan fingerprint density at radius 2 is 2.28 bits per heavy atom. The van der Waals surface area contributed by atoms with Gasteiger partial charge < -0.3 is 14.6 Å². The number of nitrogens with one attached hydrogen (secondary N) is 1. The number of aromatic nitrogens is 1. The van der Waals surface area contributed by atoms with Gasteiger partial charge in [0, 0.05) is 13.6 Å². The van der Waals surface area contributed by atoms with Gasteiger partial charge in [0.05, 0.1) is 36.6 Å². The van der Waals surface area contributed by atoms with Crippen LogP contribution in [0, 0.1) is 0 Å². The molecule has 4 heteroatoms. The van der Waals surface area contributed by atoms with E-state index >= 15 is 0 Å². The van der Waals surface area contributed by atoms with Crippen LogP contribution in [0.3, 0.4) is 0 Å². The first-order chi connectivity index (χ1) is 8.79. The standard InChI is InChI=1S/C14H19N3O/c1-3-6-16-12-8-13(10-15-9-12)17(2)11-14-5-4-7-18-14/h4-5,7-10,16H,3,6,11H2,1-2H3. The summed E-state index contributed by atoms with van der Waals surface area (Å²) in [5.41, 5.74) is 2.13. The fraction of sp³-hybridized carbons (Fsp3) is 0.357. The molecule has 0 spiro atoms. The Labute approximate surface area is 108 Å². The molecule has 1 N–H and O–H groups in total. The molecule has 0 radical (unpaired) electrons. The van der Waals surface area contributed by atoms with Gasteiger partial charge in [0.15, 0.2) is 0 Å². The van der Waals surface area contributed by atoms with Crippen molar-refractivity contribution in [1.82, 2.24) is 4.98 Å². The summed E-state index contributed by atoms with van der Waals surface area (Å²) in [4.78, 5) is 6.37. The molecule has 0 bridgehead atoms. The second kappa shape index (κ2) is 6.10. The fourth-order valence-electron chi connectivity index (χ4n) is 1.73. The summed E-state index contributed by atoms with van der Waals surface area (Å²) in [5, 5.41) is 3.34. The first-order valence-corrected chi connectivity index (χ1v) is 6.22. The van der Waals surface area contributed by atoms with Gasteiger partial charge in [0.25, 0.3) is 0 Å². The molecule has 96 valence electrons. The molecule has 0 amide bonds. The summed E-state index contributed by atoms with van der Waals surface area (Å²) in [6, 6.07) is 5.98. The van der Waals surface area contributed by atoms with E-state index in [0.29, 0.717) is 0 Å². The van der Waals surface area contributed by atoms with Crippen LogP contribution in [-0.4, -0.2) is 18.6 Å². The topological polar surface area (TPSA) is 41.3 Å². The van der Waals surface area contributed by atoms with E-state index in [-0.39, 0.29) is 0 Å². The molecule has 0 saturated heterocycles. The Morgan fingerprint density at radius 3 is 3.00 bits per heavy atom. The number of hydrogen-bond acceptors (Lipinski definition) is 4. The van der Waals surface area contributed by atoms with Crippen LogP contribution in [-0.2, 0) is 6.54 Å². The quantitative estimate of drug-likeness (QED) is 0.849. The highest BCUT2D eigenvalue weighted by Gasteiger charge is 2.05. The average molecular weight is 245 g/mol. The van der Waals surface area contributed by atoms with E-state index in [2.05, 4.69) is 28.2 Å². The second-order valence-corrected chi connectivity index (χ2v) is 4.29. The van der Waals surface area contributed by atoms with Gasteiger partial charge in [0.2, 0.25) is 0 Å². The van der Waals surface area contributed by atoms with Gasteiger partial charge in [0.1, 0.15) is 5.76 Å². The van der Waals surface area contributed by atoms with Crippen LogP contribution in [0.25, 0.3) is 0 Å². The third-order valence-electron chi connectivity index (χ3n) is 2.72. The number of pyridine rings is 1. The predicted molar refractivity (Wildman–Crippen MR) is 73.8 cm³/mol. The van der Waals surface area contributed by atoms with Crippen LogP contribution in [0.1, 0.15) is 19.1 Å². The molecule has 0 aliphatic rings. The number of hydrogen-bond donors (Lipinski definition) is 1. The monoisotopic (exact) mass is 245 g/mol. The van der Waals surface area contributed by atoms with E-state index in [0.717, 1.165) is 36.6 Å². The molecule has 18 heavy (non-hydrogen) atoms. The summed E-state index contributed by atoms with van der Waals surface area (Å²) in [7, 11) is 2.03. The van der Waals surface area contributed by atoms with Crippen molar-refractivity contribution < 1.29 is 4.42 Å². The molecule has 2 heterocycles. The molecular weight excluding hydrogens is 226 g/mol. The maximum Gasteiger partial charge on any atom is 0.123 e. The summed E-state index contributed by atoms with van der Waals surface area (Å²) >= 11 is 0. The zero-order valence-electron chi connectivity index (χ0n) is 10.9. The lowest BCUT2D eigenvalue weighted by Gasteiger charge is -2.18. The van der Waals surface area contributed by atoms with Crippen LogP contribution >= 0.6 is 0 Å². The third-order valence-corrected chi connectivity index (χ3v) is 2.72. The number of furan rings is 1. The smallest absolute Gasteiger partial charge is 0.123 e. The fourth-order valence-corrected chi connectivity index (χ4v) is 1.73. The normalized spacial score (nSPS) is 10.3.